The van der Waals surface area contributed by atoms with Crippen LogP contribution in [-0.4, -0.2) is 33.5 Å². The molecule has 1 fully saturated rings. The Morgan fingerprint density at radius 3 is 2.00 bits per heavy atom. The Hall–Kier alpha value is 0.170. The van der Waals surface area contributed by atoms with Gasteiger partial charge in [-0.15, -0.1) is 12.4 Å². The van der Waals surface area contributed by atoms with Crippen molar-refractivity contribution in [2.24, 2.45) is 0 Å². The van der Waals surface area contributed by atoms with E-state index in [1.54, 1.807) is 0 Å². The SMILES string of the molecule is CC1(C)CC(O)C(O)C(C)(C)N1.Cl. The summed E-state index contributed by atoms with van der Waals surface area (Å²) < 4.78 is 0. The maximum absolute atomic E-state index is 9.63. The summed E-state index contributed by atoms with van der Waals surface area (Å²) in [5.41, 5.74) is -0.497. The molecule has 1 saturated heterocycles. The second-order valence-corrected chi connectivity index (χ2v) is 4.95. The molecule has 2 unspecified atom stereocenters. The summed E-state index contributed by atoms with van der Waals surface area (Å²) in [7, 11) is 0. The average molecular weight is 210 g/mol. The van der Waals surface area contributed by atoms with E-state index in [0.717, 1.165) is 0 Å². The quantitative estimate of drug-likeness (QED) is 0.550. The lowest BCUT2D eigenvalue weighted by atomic mass is 9.79. The van der Waals surface area contributed by atoms with Crippen molar-refractivity contribution in [1.29, 1.82) is 0 Å². The van der Waals surface area contributed by atoms with Gasteiger partial charge < -0.3 is 15.5 Å². The molecule has 3 nitrogen and oxygen atoms in total. The lowest BCUT2D eigenvalue weighted by Gasteiger charge is -2.48. The van der Waals surface area contributed by atoms with Crippen molar-refractivity contribution in [1.82, 2.24) is 5.32 Å². The Kier molecular flexibility index (Phi) is 3.78. The zero-order valence-corrected chi connectivity index (χ0v) is 9.48. The molecule has 3 N–H and O–H groups in total. The fourth-order valence-electron chi connectivity index (χ4n) is 2.11. The van der Waals surface area contributed by atoms with Gasteiger partial charge in [-0.05, 0) is 34.1 Å². The van der Waals surface area contributed by atoms with Crippen molar-refractivity contribution in [3.8, 4) is 0 Å². The van der Waals surface area contributed by atoms with Crippen molar-refractivity contribution in [2.45, 2.75) is 57.4 Å². The molecule has 0 aliphatic carbocycles. The van der Waals surface area contributed by atoms with Crippen LogP contribution in [0.25, 0.3) is 0 Å². The predicted molar refractivity (Wildman–Crippen MR) is 55.2 cm³/mol. The molecule has 0 aromatic carbocycles. The number of nitrogens with one attached hydrogen (secondary N) is 1. The molecular formula is C9H20ClNO2. The van der Waals surface area contributed by atoms with Gasteiger partial charge in [-0.3, -0.25) is 0 Å². The van der Waals surface area contributed by atoms with Gasteiger partial charge >= 0.3 is 0 Å². The van der Waals surface area contributed by atoms with Gasteiger partial charge in [-0.1, -0.05) is 0 Å². The number of hydrogen-bond donors (Lipinski definition) is 3. The van der Waals surface area contributed by atoms with Gasteiger partial charge in [0.05, 0.1) is 12.2 Å². The van der Waals surface area contributed by atoms with Crippen molar-refractivity contribution >= 4 is 12.4 Å². The fourth-order valence-corrected chi connectivity index (χ4v) is 2.11. The molecule has 0 aromatic rings. The van der Waals surface area contributed by atoms with Gasteiger partial charge in [0.15, 0.2) is 0 Å². The van der Waals surface area contributed by atoms with Gasteiger partial charge in [0.2, 0.25) is 0 Å². The maximum atomic E-state index is 9.63. The maximum Gasteiger partial charge on any atom is 0.0975 e. The van der Waals surface area contributed by atoms with Crippen LogP contribution in [0.2, 0.25) is 0 Å². The van der Waals surface area contributed by atoms with Crippen LogP contribution in [0.5, 0.6) is 0 Å². The smallest absolute Gasteiger partial charge is 0.0975 e. The predicted octanol–water partition coefficient (Wildman–Crippen LogP) is 0.680. The number of hydrogen-bond acceptors (Lipinski definition) is 3. The standard InChI is InChI=1S/C9H19NO2.ClH/c1-8(2)5-6(11)7(12)9(3,4)10-8;/h6-7,10-12H,5H2,1-4H3;1H. The summed E-state index contributed by atoms with van der Waals surface area (Å²) in [6.45, 7) is 7.87. The minimum atomic E-state index is -0.675. The molecule has 0 radical (unpaired) electrons. The zero-order valence-electron chi connectivity index (χ0n) is 8.66. The molecule has 0 bridgehead atoms. The molecule has 0 aromatic heterocycles. The van der Waals surface area contributed by atoms with Crippen molar-refractivity contribution in [3.63, 3.8) is 0 Å². The number of piperidine rings is 1. The first-order chi connectivity index (χ1) is 5.25. The second kappa shape index (κ2) is 3.73. The first-order valence-corrected chi connectivity index (χ1v) is 4.40. The van der Waals surface area contributed by atoms with E-state index in [1.807, 2.05) is 27.7 Å². The van der Waals surface area contributed by atoms with Crippen LogP contribution in [0.3, 0.4) is 0 Å². The summed E-state index contributed by atoms with van der Waals surface area (Å²) in [6.07, 6.45) is -0.695. The number of aliphatic hydroxyl groups excluding tert-OH is 2. The Bertz CT molecular complexity index is 182. The van der Waals surface area contributed by atoms with Crippen LogP contribution < -0.4 is 5.32 Å². The Morgan fingerprint density at radius 1 is 1.15 bits per heavy atom. The highest BCUT2D eigenvalue weighted by Crippen LogP contribution is 2.28. The summed E-state index contributed by atoms with van der Waals surface area (Å²) in [5.74, 6) is 0. The molecule has 1 rings (SSSR count). The van der Waals surface area contributed by atoms with Crippen LogP contribution in [0.1, 0.15) is 34.1 Å². The normalized spacial score (nSPS) is 36.5. The fraction of sp³-hybridized carbons (Fsp3) is 1.00. The average Bonchev–Trinajstić information content (AvgIpc) is 1.79. The van der Waals surface area contributed by atoms with E-state index >= 15 is 0 Å². The summed E-state index contributed by atoms with van der Waals surface area (Å²) >= 11 is 0. The molecule has 1 aliphatic rings. The summed E-state index contributed by atoms with van der Waals surface area (Å²) in [4.78, 5) is 0. The van der Waals surface area contributed by atoms with Crippen LogP contribution in [-0.2, 0) is 0 Å². The minimum Gasteiger partial charge on any atom is -0.390 e. The van der Waals surface area contributed by atoms with E-state index in [4.69, 9.17) is 0 Å². The Labute approximate surface area is 85.9 Å². The van der Waals surface area contributed by atoms with E-state index in [-0.39, 0.29) is 17.9 Å². The molecular weight excluding hydrogens is 190 g/mol. The van der Waals surface area contributed by atoms with Gasteiger partial charge in [0, 0.05) is 11.1 Å². The number of rotatable bonds is 0. The minimum absolute atomic E-state index is 0. The van der Waals surface area contributed by atoms with Crippen LogP contribution in [0, 0.1) is 0 Å². The monoisotopic (exact) mass is 209 g/mol. The Balaban J connectivity index is 0.00000144. The van der Waals surface area contributed by atoms with E-state index in [9.17, 15) is 10.2 Å². The highest BCUT2D eigenvalue weighted by molar-refractivity contribution is 5.85. The first kappa shape index (κ1) is 13.2. The molecule has 4 heteroatoms. The second-order valence-electron chi connectivity index (χ2n) is 4.95. The van der Waals surface area contributed by atoms with Crippen LogP contribution in [0.15, 0.2) is 0 Å². The first-order valence-electron chi connectivity index (χ1n) is 4.40. The van der Waals surface area contributed by atoms with Gasteiger partial charge in [-0.2, -0.15) is 0 Å². The van der Waals surface area contributed by atoms with E-state index in [0.29, 0.717) is 6.42 Å². The molecule has 0 saturated carbocycles. The highest BCUT2D eigenvalue weighted by Gasteiger charge is 2.43. The topological polar surface area (TPSA) is 52.5 Å². The van der Waals surface area contributed by atoms with Crippen molar-refractivity contribution in [3.05, 3.63) is 0 Å². The number of aliphatic hydroxyl groups is 2. The highest BCUT2D eigenvalue weighted by atomic mass is 35.5. The Morgan fingerprint density at radius 2 is 1.62 bits per heavy atom. The number of halogens is 1. The lowest BCUT2D eigenvalue weighted by molar-refractivity contribution is -0.0822. The van der Waals surface area contributed by atoms with Gasteiger partial charge in [-0.25, -0.2) is 0 Å². The van der Waals surface area contributed by atoms with Gasteiger partial charge in [0.25, 0.3) is 0 Å². The van der Waals surface area contributed by atoms with E-state index in [1.165, 1.54) is 0 Å². The van der Waals surface area contributed by atoms with Crippen molar-refractivity contribution < 1.29 is 10.2 Å². The molecule has 0 amide bonds. The zero-order chi connectivity index (χ0) is 9.57. The molecule has 0 spiro atoms. The molecule has 1 heterocycles. The van der Waals surface area contributed by atoms with E-state index < -0.39 is 17.7 Å². The summed E-state index contributed by atoms with van der Waals surface area (Å²) in [6, 6.07) is 0. The molecule has 13 heavy (non-hydrogen) atoms. The van der Waals surface area contributed by atoms with Gasteiger partial charge in [0.1, 0.15) is 0 Å². The molecule has 2 atom stereocenters. The third-order valence-corrected chi connectivity index (χ3v) is 2.48. The van der Waals surface area contributed by atoms with Crippen LogP contribution >= 0.6 is 12.4 Å². The third-order valence-electron chi connectivity index (χ3n) is 2.48. The molecule has 80 valence electrons. The molecule has 1 aliphatic heterocycles. The summed E-state index contributed by atoms with van der Waals surface area (Å²) in [5, 5.41) is 22.5. The van der Waals surface area contributed by atoms with E-state index in [2.05, 4.69) is 5.32 Å². The third kappa shape index (κ3) is 2.81. The largest absolute Gasteiger partial charge is 0.390 e. The van der Waals surface area contributed by atoms with Crippen molar-refractivity contribution in [2.75, 3.05) is 0 Å². The van der Waals surface area contributed by atoms with Crippen LogP contribution in [0.4, 0.5) is 0 Å². The lowest BCUT2D eigenvalue weighted by Crippen LogP contribution is -2.67.